The molecule has 0 amide bonds. The molecule has 1 heterocycles. The molecule has 2 rings (SSSR count). The largest absolute Gasteiger partial charge is 0.591 e. The first kappa shape index (κ1) is 16.1. The lowest BCUT2D eigenvalue weighted by Crippen LogP contribution is -2.25. The van der Waals surface area contributed by atoms with Gasteiger partial charge in [-0.2, -0.15) is 0 Å². The lowest BCUT2D eigenvalue weighted by atomic mass is 10.2. The smallest absolute Gasteiger partial charge is 0.144 e. The molecule has 2 nitrogen and oxygen atoms in total. The van der Waals surface area contributed by atoms with Gasteiger partial charge in [-0.05, 0) is 45.0 Å². The average Bonchev–Trinajstić information content (AvgIpc) is 2.83. The van der Waals surface area contributed by atoms with Crippen LogP contribution in [-0.2, 0) is 11.4 Å². The van der Waals surface area contributed by atoms with Crippen molar-refractivity contribution in [2.24, 2.45) is 4.40 Å². The van der Waals surface area contributed by atoms with Gasteiger partial charge in [-0.25, -0.2) is 8.78 Å². The van der Waals surface area contributed by atoms with Crippen molar-refractivity contribution < 1.29 is 13.3 Å². The van der Waals surface area contributed by atoms with Crippen molar-refractivity contribution in [3.63, 3.8) is 0 Å². The molecule has 0 spiro atoms. The van der Waals surface area contributed by atoms with Crippen LogP contribution in [0.5, 0.6) is 0 Å². The van der Waals surface area contributed by atoms with Crippen LogP contribution in [0.15, 0.2) is 34.7 Å². The summed E-state index contributed by atoms with van der Waals surface area (Å²) in [7, 11) is 0. The second-order valence-electron chi connectivity index (χ2n) is 5.42. The Morgan fingerprint density at radius 1 is 1.19 bits per heavy atom. The summed E-state index contributed by atoms with van der Waals surface area (Å²) in [5, 5.41) is 0. The van der Waals surface area contributed by atoms with Crippen LogP contribution in [0, 0.1) is 11.6 Å². The van der Waals surface area contributed by atoms with Gasteiger partial charge in [-0.15, -0.1) is 11.3 Å². The lowest BCUT2D eigenvalue weighted by Gasteiger charge is -2.17. The Morgan fingerprint density at radius 2 is 1.90 bits per heavy atom. The third-order valence-electron chi connectivity index (χ3n) is 2.62. The molecule has 0 aliphatic carbocycles. The number of halogens is 2. The molecule has 0 N–H and O–H groups in total. The summed E-state index contributed by atoms with van der Waals surface area (Å²) in [6, 6.07) is 7.00. The van der Waals surface area contributed by atoms with Crippen LogP contribution in [0.4, 0.5) is 8.78 Å². The summed E-state index contributed by atoms with van der Waals surface area (Å²) in [5.41, 5.74) is 0.345. The predicted octanol–water partition coefficient (Wildman–Crippen LogP) is 4.57. The predicted molar refractivity (Wildman–Crippen MR) is 85.2 cm³/mol. The molecule has 0 aliphatic rings. The summed E-state index contributed by atoms with van der Waals surface area (Å²) < 4.78 is 42.0. The Kier molecular flexibility index (Phi) is 4.81. The van der Waals surface area contributed by atoms with Crippen LogP contribution in [0.2, 0.25) is 0 Å². The highest BCUT2D eigenvalue weighted by Crippen LogP contribution is 2.30. The Balaban J connectivity index is 2.20. The maximum atomic E-state index is 13.7. The molecule has 0 radical (unpaired) electrons. The minimum Gasteiger partial charge on any atom is -0.591 e. The minimum atomic E-state index is -1.33. The van der Waals surface area contributed by atoms with Crippen LogP contribution in [0.3, 0.4) is 0 Å². The second kappa shape index (κ2) is 6.25. The van der Waals surface area contributed by atoms with Gasteiger partial charge in [0, 0.05) is 16.5 Å². The van der Waals surface area contributed by atoms with Crippen molar-refractivity contribution in [3.05, 3.63) is 46.8 Å². The van der Waals surface area contributed by atoms with Crippen LogP contribution in [0.1, 0.15) is 25.6 Å². The molecule has 0 saturated heterocycles. The highest BCUT2D eigenvalue weighted by Gasteiger charge is 2.25. The third kappa shape index (κ3) is 4.12. The van der Waals surface area contributed by atoms with Gasteiger partial charge in [0.25, 0.3) is 0 Å². The number of hydrogen-bond acceptors (Lipinski definition) is 3. The van der Waals surface area contributed by atoms with Crippen LogP contribution in [0.25, 0.3) is 10.4 Å². The molecule has 1 aromatic heterocycles. The summed E-state index contributed by atoms with van der Waals surface area (Å²) >= 11 is -0.0157. The number of nitrogens with zero attached hydrogens (tertiary/aromatic N) is 1. The fourth-order valence-corrected chi connectivity index (χ4v) is 3.01. The van der Waals surface area contributed by atoms with E-state index in [0.29, 0.717) is 10.4 Å². The Bertz CT molecular complexity index is 662. The molecule has 2 aromatic rings. The van der Waals surface area contributed by atoms with E-state index in [-0.39, 0.29) is 0 Å². The maximum absolute atomic E-state index is 13.7. The van der Waals surface area contributed by atoms with Gasteiger partial charge in [-0.3, -0.25) is 0 Å². The first-order valence-electron chi connectivity index (χ1n) is 6.29. The van der Waals surface area contributed by atoms with E-state index in [0.717, 1.165) is 10.9 Å². The van der Waals surface area contributed by atoms with E-state index in [1.54, 1.807) is 12.1 Å². The fraction of sp³-hybridized carbons (Fsp3) is 0.267. The fourth-order valence-electron chi connectivity index (χ4n) is 1.51. The molecule has 21 heavy (non-hydrogen) atoms. The average molecular weight is 327 g/mol. The van der Waals surface area contributed by atoms with E-state index in [9.17, 15) is 13.3 Å². The zero-order chi connectivity index (χ0) is 15.6. The summed E-state index contributed by atoms with van der Waals surface area (Å²) in [6.45, 7) is 5.52. The number of hydrogen-bond donors (Lipinski definition) is 0. The quantitative estimate of drug-likeness (QED) is 0.600. The number of rotatable bonds is 3. The van der Waals surface area contributed by atoms with Crippen molar-refractivity contribution in [1.82, 2.24) is 0 Å². The minimum absolute atomic E-state index is 0.345. The van der Waals surface area contributed by atoms with Crippen LogP contribution >= 0.6 is 11.3 Å². The highest BCUT2D eigenvalue weighted by molar-refractivity contribution is 7.91. The van der Waals surface area contributed by atoms with Crippen molar-refractivity contribution in [3.8, 4) is 10.4 Å². The Hall–Kier alpha value is -1.24. The van der Waals surface area contributed by atoms with E-state index < -0.39 is 27.7 Å². The standard InChI is InChI=1S/C15H15F2NOS2/c1-15(2,3)21(19)18-9-11-5-7-14(20-11)12-6-4-10(16)8-13(12)17/h4-9H,1-3H3/t21-/m1/s1. The summed E-state index contributed by atoms with van der Waals surface area (Å²) in [4.78, 5) is 1.45. The molecule has 0 bridgehead atoms. The zero-order valence-corrected chi connectivity index (χ0v) is 13.5. The Morgan fingerprint density at radius 3 is 2.52 bits per heavy atom. The molecule has 0 saturated carbocycles. The van der Waals surface area contributed by atoms with Gasteiger partial charge in [0.15, 0.2) is 0 Å². The van der Waals surface area contributed by atoms with Gasteiger partial charge in [0.1, 0.15) is 27.7 Å². The molecule has 1 aromatic carbocycles. The normalized spacial score (nSPS) is 13.8. The highest BCUT2D eigenvalue weighted by atomic mass is 32.2. The Labute approximate surface area is 129 Å². The van der Waals surface area contributed by atoms with Crippen molar-refractivity contribution >= 4 is 28.9 Å². The monoisotopic (exact) mass is 327 g/mol. The lowest BCUT2D eigenvalue weighted by molar-refractivity contribution is 0.562. The maximum Gasteiger partial charge on any atom is 0.144 e. The SMILES string of the molecule is CC(C)(C)[S@@+]([O-])N=Cc1ccc(-c2ccc(F)cc2F)s1. The first-order valence-corrected chi connectivity index (χ1v) is 8.21. The van der Waals surface area contributed by atoms with Crippen molar-refractivity contribution in [2.45, 2.75) is 25.5 Å². The molecular formula is C15H15F2NOS2. The van der Waals surface area contributed by atoms with Gasteiger partial charge in [-0.1, -0.05) is 4.40 Å². The molecule has 0 unspecified atom stereocenters. The first-order chi connectivity index (χ1) is 9.77. The molecular weight excluding hydrogens is 312 g/mol. The molecule has 6 heteroatoms. The van der Waals surface area contributed by atoms with Crippen molar-refractivity contribution in [1.29, 1.82) is 0 Å². The van der Waals surface area contributed by atoms with Gasteiger partial charge in [0.05, 0.1) is 11.1 Å². The number of benzene rings is 1. The summed E-state index contributed by atoms with van der Waals surface area (Å²) in [5.74, 6) is -1.20. The third-order valence-corrected chi connectivity index (χ3v) is 5.02. The molecule has 0 fully saturated rings. The van der Waals surface area contributed by atoms with Gasteiger partial charge >= 0.3 is 0 Å². The summed E-state index contributed by atoms with van der Waals surface area (Å²) in [6.07, 6.45) is 1.52. The van der Waals surface area contributed by atoms with Crippen LogP contribution in [-0.4, -0.2) is 15.5 Å². The zero-order valence-electron chi connectivity index (χ0n) is 11.9. The van der Waals surface area contributed by atoms with Crippen LogP contribution < -0.4 is 0 Å². The van der Waals surface area contributed by atoms with E-state index >= 15 is 0 Å². The van der Waals surface area contributed by atoms with Gasteiger partial charge < -0.3 is 4.55 Å². The molecule has 0 aliphatic heterocycles. The van der Waals surface area contributed by atoms with E-state index in [4.69, 9.17) is 0 Å². The van der Waals surface area contributed by atoms with E-state index in [2.05, 4.69) is 4.40 Å². The topological polar surface area (TPSA) is 35.4 Å². The number of thiophene rings is 1. The van der Waals surface area contributed by atoms with E-state index in [1.165, 1.54) is 29.7 Å². The van der Waals surface area contributed by atoms with Gasteiger partial charge in [0.2, 0.25) is 0 Å². The van der Waals surface area contributed by atoms with E-state index in [1.807, 2.05) is 20.8 Å². The van der Waals surface area contributed by atoms with Crippen molar-refractivity contribution in [2.75, 3.05) is 0 Å². The molecule has 1 atom stereocenters. The second-order valence-corrected chi connectivity index (χ2v) is 8.47. The molecule has 112 valence electrons.